The van der Waals surface area contributed by atoms with Crippen molar-refractivity contribution in [3.05, 3.63) is 343 Å². The van der Waals surface area contributed by atoms with Gasteiger partial charge in [0.1, 0.15) is 91.8 Å². The van der Waals surface area contributed by atoms with Crippen molar-refractivity contribution in [2.24, 2.45) is 0 Å². The van der Waals surface area contributed by atoms with E-state index >= 15 is 0 Å². The average molecular weight is 2030 g/mol. The molecule has 8 N–H and O–H groups in total. The first-order valence-electron chi connectivity index (χ1n) is 54.2. The minimum atomic E-state index is -0.579. The fraction of sp³-hybridized carbons (Fsp3) is 0.394. The number of esters is 2. The maximum absolute atomic E-state index is 12.0. The summed E-state index contributed by atoms with van der Waals surface area (Å²) in [6.07, 6.45) is 24.3. The Kier molecular flexibility index (Phi) is 38.4. The predicted molar refractivity (Wildman–Crippen MR) is 594 cm³/mol. The summed E-state index contributed by atoms with van der Waals surface area (Å²) in [5.74, 6) is 4.74. The smallest absolute Gasteiger partial charge is 0.334 e. The number of phenolic OH excluding ortho intramolecular Hbond substituents is 1. The van der Waals surface area contributed by atoms with Gasteiger partial charge >= 0.3 is 11.9 Å². The van der Waals surface area contributed by atoms with Gasteiger partial charge in [0.05, 0.1) is 0 Å². The number of fused-ring (bicyclic) bond motifs is 3. The summed E-state index contributed by atoms with van der Waals surface area (Å²) in [6, 6.07) is 82.3. The summed E-state index contributed by atoms with van der Waals surface area (Å²) in [7, 11) is 0. The monoisotopic (exact) mass is 2030 g/mol. The number of phenols is 1. The molecule has 9 saturated heterocycles. The van der Waals surface area contributed by atoms with Crippen molar-refractivity contribution in [1.29, 1.82) is 0 Å². The largest absolute Gasteiger partial charge is 0.507 e. The Bertz CT molecular complexity index is 6610. The Morgan fingerprint density at radius 3 is 0.947 bits per heavy atom. The summed E-state index contributed by atoms with van der Waals surface area (Å²) in [6.45, 7) is 21.4. The van der Waals surface area contributed by atoms with Crippen LogP contribution in [0.15, 0.2) is 271 Å². The summed E-state index contributed by atoms with van der Waals surface area (Å²) < 4.78 is 34.1. The van der Waals surface area contributed by atoms with E-state index in [1.54, 1.807) is 35.4 Å². The van der Waals surface area contributed by atoms with E-state index in [9.17, 15) is 49.5 Å². The average Bonchev–Trinajstić information content (AvgIpc) is 1.15. The van der Waals surface area contributed by atoms with Gasteiger partial charge in [-0.1, -0.05) is 212 Å². The molecule has 1 aliphatic carbocycles. The van der Waals surface area contributed by atoms with E-state index < -0.39 is 24.4 Å². The highest BCUT2D eigenvalue weighted by molar-refractivity contribution is 6.02. The molecule has 21 rings (SSSR count). The number of para-hydroxylation sites is 5. The third-order valence-corrected chi connectivity index (χ3v) is 30.6. The van der Waals surface area contributed by atoms with Crippen molar-refractivity contribution >= 4 is 81.6 Å². The quantitative estimate of drug-likeness (QED) is 0.0160. The highest BCUT2D eigenvalue weighted by atomic mass is 16.6. The summed E-state index contributed by atoms with van der Waals surface area (Å²) in [5, 5.41) is 65.7. The zero-order chi connectivity index (χ0) is 104. The van der Waals surface area contributed by atoms with Gasteiger partial charge in [-0.3, -0.25) is 14.4 Å². The lowest BCUT2D eigenvalue weighted by Crippen LogP contribution is -2.40. The third-order valence-electron chi connectivity index (χ3n) is 30.6. The summed E-state index contributed by atoms with van der Waals surface area (Å²) in [4.78, 5) is 68.3. The zero-order valence-corrected chi connectivity index (χ0v) is 87.2. The highest BCUT2D eigenvalue weighted by Crippen LogP contribution is 2.39. The molecule has 23 nitrogen and oxygen atoms in total. The van der Waals surface area contributed by atoms with E-state index in [1.165, 1.54) is 80.6 Å². The van der Waals surface area contributed by atoms with Crippen LogP contribution in [0.2, 0.25) is 0 Å². The number of aliphatic hydroxyl groups is 4. The number of β-amino-alcohol motifs (C(OH)–C–C–N with tert-alkyl or cyclic N) is 4. The van der Waals surface area contributed by atoms with Crippen LogP contribution in [-0.2, 0) is 46.3 Å². The molecule has 0 radical (unpaired) electrons. The van der Waals surface area contributed by atoms with E-state index in [0.717, 1.165) is 162 Å². The number of amides is 3. The van der Waals surface area contributed by atoms with Crippen LogP contribution in [0.25, 0.3) is 51.9 Å². The fourth-order valence-electron chi connectivity index (χ4n) is 22.0. The van der Waals surface area contributed by atoms with E-state index in [2.05, 4.69) is 171 Å². The maximum Gasteiger partial charge on any atom is 0.334 e. The second-order valence-corrected chi connectivity index (χ2v) is 41.9. The van der Waals surface area contributed by atoms with Crippen LogP contribution in [0.3, 0.4) is 0 Å². The van der Waals surface area contributed by atoms with Gasteiger partial charge in [0, 0.05) is 114 Å². The van der Waals surface area contributed by atoms with Gasteiger partial charge in [-0.25, -0.2) is 9.59 Å². The Morgan fingerprint density at radius 2 is 0.613 bits per heavy atom. The number of benzene rings is 11. The molecule has 0 aromatic heterocycles. The molecule has 0 spiro atoms. The summed E-state index contributed by atoms with van der Waals surface area (Å²) >= 11 is 0. The number of likely N-dealkylation sites (tertiary alicyclic amines) is 4. The Morgan fingerprint density at radius 1 is 0.320 bits per heavy atom. The first-order chi connectivity index (χ1) is 73.0. The van der Waals surface area contributed by atoms with Crippen molar-refractivity contribution in [3.8, 4) is 28.7 Å². The molecule has 786 valence electrons. The number of hydrogen-bond donors (Lipinski definition) is 8. The maximum atomic E-state index is 12.0. The molecule has 9 aliphatic heterocycles. The number of ether oxygens (including phenoxy) is 6. The Hall–Kier alpha value is -13.3. The second kappa shape index (κ2) is 53.4. The molecule has 9 heterocycles. The minimum Gasteiger partial charge on any atom is -0.507 e. The molecule has 23 heteroatoms. The number of carbonyl (C=O) groups is 5. The number of cyclic esters (lactones) is 2. The van der Waals surface area contributed by atoms with Crippen molar-refractivity contribution in [2.75, 3.05) is 125 Å². The van der Waals surface area contributed by atoms with E-state index in [1.807, 2.05) is 141 Å². The SMILES string of the molecule is CC1C/C(=C\c2ccccc2O)C(=O)O1.CC1C/C(=C\c2ccccc2OC[C@@H](O)CN2CCC(c3ccc4ccccc4c3)CC2)C(=O)O1.Cc1ccc(C2CCN(C[C@H](O)COc3ccccc3/C=C3/CCNC3=O)CC2)cc1C.O=C1NCC/C1=C/c1ccccc1OC[C@@H](O)CN1CCC(c2ccc3c(c2)CCCC3)CC1.O=C1NCC/C1=C/c1ccccc1OC[C@@H](O)CN1CCC(c2ccc3ccccc3c2)CC1. The topological polar surface area (TPSA) is 291 Å². The number of hydrogen-bond acceptors (Lipinski definition) is 20. The van der Waals surface area contributed by atoms with Crippen LogP contribution in [-0.4, -0.2) is 236 Å². The van der Waals surface area contributed by atoms with Crippen LogP contribution >= 0.6 is 0 Å². The molecule has 6 atom stereocenters. The van der Waals surface area contributed by atoms with E-state index in [0.29, 0.717) is 122 Å². The Balaban J connectivity index is 0.000000130. The third kappa shape index (κ3) is 30.5. The van der Waals surface area contributed by atoms with E-state index in [-0.39, 0.29) is 74.0 Å². The molecule has 11 aromatic rings. The first kappa shape index (κ1) is 108. The normalized spacial score (nSPS) is 20.8. The van der Waals surface area contributed by atoms with Gasteiger partial charge < -0.3 is 89.5 Å². The molecule has 2 unspecified atom stereocenters. The van der Waals surface area contributed by atoms with Gasteiger partial charge in [-0.15, -0.1) is 0 Å². The fourth-order valence-corrected chi connectivity index (χ4v) is 22.0. The number of nitrogens with one attached hydrogen (secondary N) is 3. The zero-order valence-electron chi connectivity index (χ0n) is 87.2. The van der Waals surface area contributed by atoms with Gasteiger partial charge in [0.15, 0.2) is 0 Å². The molecule has 150 heavy (non-hydrogen) atoms. The van der Waals surface area contributed by atoms with E-state index in [4.69, 9.17) is 28.4 Å². The molecular weight excluding hydrogens is 1880 g/mol. The molecule has 10 aliphatic rings. The van der Waals surface area contributed by atoms with Crippen LogP contribution < -0.4 is 34.9 Å². The van der Waals surface area contributed by atoms with Gasteiger partial charge in [0.2, 0.25) is 17.7 Å². The summed E-state index contributed by atoms with van der Waals surface area (Å²) in [5.41, 5.74) is 19.3. The predicted octanol–water partition coefficient (Wildman–Crippen LogP) is 19.6. The number of rotatable bonds is 29. The number of aryl methyl sites for hydroxylation is 4. The number of carbonyl (C=O) groups excluding carboxylic acids is 5. The lowest BCUT2D eigenvalue weighted by atomic mass is 9.84. The molecular formula is C127H147N7O16. The molecule has 3 amide bonds. The van der Waals surface area contributed by atoms with Crippen LogP contribution in [0.1, 0.15) is 206 Å². The molecule has 9 fully saturated rings. The molecule has 0 saturated carbocycles. The number of nitrogens with zero attached hydrogens (tertiary/aromatic N) is 4. The standard InChI is InChI=1S/C30H33NO4.C29H36N2O3.C29H32N2O3.C27H34N2O3.C12H12O3/c1-21-16-27(30(33)35-21)18-26-8-4-5-9-29(26)34-20-28(32)19-31-14-12-23(13-15-31)25-11-10-22-6-2-3-7-24(22)17-25;2*32-27(20-34-28-8-4-3-7-25(28)18-26-11-14-30-29(26)33)19-31-15-12-22(13-16-31)24-10-9-21-5-1-2-6-23(21)17-24;1-19-7-8-22(15-20(19)2)21-10-13-29(14-11-21)17-25(30)18-32-26-6-4-3-5-23(26)16-24-9-12-28-27(24)31;1-8-6-10(12(14)15-8)7-9-4-2-3-5-11(9)13/h2-11,17-18,21,23,28,32H,12-16,19-20H2,1H3;3-4,7-10,17-18,22,27,32H,1-2,5-6,11-16,19-20H2,(H,30,33);1-10,17-18,22,27,32H,11-16,19-20H2,(H,30,33);3-8,15-16,21,25,30H,9-14,17-18H2,1-2H3,(H,28,31);2-5,7-8,13H,6H2,1H3/b27-18+;2*26-18-;24-16-;10-7+/t21?,28-;2*27-;25-;/m0000./s1. The molecule has 11 aromatic carbocycles. The van der Waals surface area contributed by atoms with Gasteiger partial charge in [-0.05, 0) is 327 Å². The van der Waals surface area contributed by atoms with Gasteiger partial charge in [0.25, 0.3) is 0 Å². The minimum absolute atomic E-state index is 0.00590. The Labute approximate surface area is 883 Å². The molecule has 0 bridgehead atoms. The number of aliphatic hydroxyl groups excluding tert-OH is 4. The first-order valence-corrected chi connectivity index (χ1v) is 54.2. The number of piperidine rings is 4. The van der Waals surface area contributed by atoms with Crippen LogP contribution in [0.4, 0.5) is 0 Å². The highest BCUT2D eigenvalue weighted by Gasteiger charge is 2.33. The van der Waals surface area contributed by atoms with Gasteiger partial charge in [-0.2, -0.15) is 0 Å². The second-order valence-electron chi connectivity index (χ2n) is 41.9. The van der Waals surface area contributed by atoms with Crippen molar-refractivity contribution in [1.82, 2.24) is 35.6 Å². The van der Waals surface area contributed by atoms with Crippen molar-refractivity contribution < 1.29 is 77.9 Å². The lowest BCUT2D eigenvalue weighted by Gasteiger charge is -2.33. The van der Waals surface area contributed by atoms with Crippen LogP contribution in [0, 0.1) is 13.8 Å². The van der Waals surface area contributed by atoms with Crippen LogP contribution in [0.5, 0.6) is 28.7 Å². The lowest BCUT2D eigenvalue weighted by molar-refractivity contribution is -0.139. The number of aromatic hydroxyl groups is 1. The van der Waals surface area contributed by atoms with Crippen molar-refractivity contribution in [3.63, 3.8) is 0 Å². The van der Waals surface area contributed by atoms with Crippen molar-refractivity contribution in [2.45, 2.75) is 197 Å².